The van der Waals surface area contributed by atoms with Crippen LogP contribution in [0.4, 0.5) is 0 Å². The van der Waals surface area contributed by atoms with E-state index in [0.717, 1.165) is 0 Å². The Bertz CT molecular complexity index is 478. The van der Waals surface area contributed by atoms with E-state index in [0.29, 0.717) is 5.92 Å². The summed E-state index contributed by atoms with van der Waals surface area (Å²) in [6, 6.07) is 4.36. The Balaban J connectivity index is 2.11. The number of rotatable bonds is 1. The summed E-state index contributed by atoms with van der Waals surface area (Å²) in [5.74, 6) is 1.96. The number of aromatic nitrogens is 2. The van der Waals surface area contributed by atoms with Crippen molar-refractivity contribution in [2.75, 3.05) is 0 Å². The van der Waals surface area contributed by atoms with Crippen LogP contribution in [0.2, 0.25) is 0 Å². The summed E-state index contributed by atoms with van der Waals surface area (Å²) < 4.78 is 2.25. The van der Waals surface area contributed by atoms with Gasteiger partial charge in [-0.05, 0) is 37.5 Å². The van der Waals surface area contributed by atoms with E-state index >= 15 is 0 Å². The zero-order valence-corrected chi connectivity index (χ0v) is 9.11. The van der Waals surface area contributed by atoms with E-state index in [9.17, 15) is 0 Å². The molecule has 0 amide bonds. The molecule has 3 rings (SSSR count). The normalized spacial score (nSPS) is 17.7. The molecule has 1 aliphatic rings. The highest BCUT2D eigenvalue weighted by molar-refractivity contribution is 5.48. The molecule has 0 atom stereocenters. The zero-order valence-electron chi connectivity index (χ0n) is 9.11. The van der Waals surface area contributed by atoms with Crippen molar-refractivity contribution >= 4 is 5.52 Å². The molecule has 1 fully saturated rings. The van der Waals surface area contributed by atoms with Gasteiger partial charge in [-0.15, -0.1) is 0 Å². The fraction of sp³-hybridized carbons (Fsp3) is 0.462. The highest BCUT2D eigenvalue weighted by Gasteiger charge is 2.20. The van der Waals surface area contributed by atoms with Crippen LogP contribution in [0.15, 0.2) is 24.5 Å². The van der Waals surface area contributed by atoms with Gasteiger partial charge in [0.25, 0.3) is 0 Å². The molecule has 2 heterocycles. The Morgan fingerprint density at radius 2 is 2.13 bits per heavy atom. The number of nitrogens with zero attached hydrogens (tertiary/aromatic N) is 2. The monoisotopic (exact) mass is 200 g/mol. The van der Waals surface area contributed by atoms with Crippen LogP contribution in [-0.2, 0) is 0 Å². The largest absolute Gasteiger partial charge is 0.304 e. The molecule has 2 nitrogen and oxygen atoms in total. The van der Waals surface area contributed by atoms with E-state index in [4.69, 9.17) is 0 Å². The fourth-order valence-corrected chi connectivity index (χ4v) is 2.62. The van der Waals surface area contributed by atoms with Gasteiger partial charge in [-0.1, -0.05) is 12.8 Å². The Kier molecular flexibility index (Phi) is 2.01. The summed E-state index contributed by atoms with van der Waals surface area (Å²) in [7, 11) is 0. The quantitative estimate of drug-likeness (QED) is 0.690. The molecule has 0 unspecified atom stereocenters. The third-order valence-corrected chi connectivity index (χ3v) is 3.44. The highest BCUT2D eigenvalue weighted by Crippen LogP contribution is 2.33. The smallest absolute Gasteiger partial charge is 0.116 e. The molecule has 1 saturated carbocycles. The topological polar surface area (TPSA) is 17.3 Å². The van der Waals surface area contributed by atoms with Gasteiger partial charge in [0, 0.05) is 12.1 Å². The number of fused-ring (bicyclic) bond motifs is 1. The number of pyridine rings is 1. The molecule has 0 N–H and O–H groups in total. The van der Waals surface area contributed by atoms with Gasteiger partial charge in [0.05, 0.1) is 11.7 Å². The maximum Gasteiger partial charge on any atom is 0.116 e. The lowest BCUT2D eigenvalue weighted by Crippen LogP contribution is -1.99. The number of imidazole rings is 1. The van der Waals surface area contributed by atoms with E-state index in [1.165, 1.54) is 42.6 Å². The molecular formula is C13H16N2. The second kappa shape index (κ2) is 3.37. The van der Waals surface area contributed by atoms with Crippen molar-refractivity contribution < 1.29 is 0 Å². The van der Waals surface area contributed by atoms with Crippen LogP contribution in [-0.4, -0.2) is 9.38 Å². The molecular weight excluding hydrogens is 184 g/mol. The van der Waals surface area contributed by atoms with Crippen LogP contribution in [0.3, 0.4) is 0 Å². The lowest BCUT2D eigenvalue weighted by Gasteiger charge is -2.07. The molecule has 0 radical (unpaired) electrons. The van der Waals surface area contributed by atoms with Gasteiger partial charge >= 0.3 is 0 Å². The minimum absolute atomic E-state index is 0.690. The Labute approximate surface area is 90.0 Å². The minimum Gasteiger partial charge on any atom is -0.304 e. The van der Waals surface area contributed by atoms with Crippen molar-refractivity contribution in [2.24, 2.45) is 0 Å². The van der Waals surface area contributed by atoms with Crippen molar-refractivity contribution in [3.63, 3.8) is 0 Å². The average Bonchev–Trinajstić information content (AvgIpc) is 2.82. The Hall–Kier alpha value is -1.31. The zero-order chi connectivity index (χ0) is 10.3. The van der Waals surface area contributed by atoms with Crippen LogP contribution in [0.25, 0.3) is 5.52 Å². The first-order valence-electron chi connectivity index (χ1n) is 5.78. The number of aryl methyl sites for hydroxylation is 1. The van der Waals surface area contributed by atoms with Gasteiger partial charge in [-0.2, -0.15) is 0 Å². The maximum atomic E-state index is 4.58. The minimum atomic E-state index is 0.690. The predicted octanol–water partition coefficient (Wildman–Crippen LogP) is 3.30. The van der Waals surface area contributed by atoms with Crippen molar-refractivity contribution in [3.8, 4) is 0 Å². The van der Waals surface area contributed by atoms with Gasteiger partial charge < -0.3 is 4.40 Å². The summed E-state index contributed by atoms with van der Waals surface area (Å²) in [6.45, 7) is 2.13. The molecule has 0 aromatic carbocycles. The summed E-state index contributed by atoms with van der Waals surface area (Å²) in [6.07, 6.45) is 9.52. The summed E-state index contributed by atoms with van der Waals surface area (Å²) in [5, 5.41) is 0. The van der Waals surface area contributed by atoms with Gasteiger partial charge in [0.2, 0.25) is 0 Å². The second-order valence-corrected chi connectivity index (χ2v) is 4.60. The molecule has 2 aromatic heterocycles. The number of hydrogen-bond acceptors (Lipinski definition) is 1. The fourth-order valence-electron chi connectivity index (χ4n) is 2.62. The van der Waals surface area contributed by atoms with Crippen molar-refractivity contribution in [1.29, 1.82) is 0 Å². The lowest BCUT2D eigenvalue weighted by molar-refractivity contribution is 0.665. The van der Waals surface area contributed by atoms with Gasteiger partial charge in [-0.25, -0.2) is 4.98 Å². The Morgan fingerprint density at radius 1 is 1.33 bits per heavy atom. The Morgan fingerprint density at radius 3 is 2.93 bits per heavy atom. The third kappa shape index (κ3) is 1.44. The third-order valence-electron chi connectivity index (χ3n) is 3.44. The van der Waals surface area contributed by atoms with Crippen LogP contribution in [0.1, 0.15) is 43.0 Å². The molecule has 2 aromatic rings. The van der Waals surface area contributed by atoms with Crippen LogP contribution >= 0.6 is 0 Å². The second-order valence-electron chi connectivity index (χ2n) is 4.60. The first-order valence-corrected chi connectivity index (χ1v) is 5.78. The summed E-state index contributed by atoms with van der Waals surface area (Å²) in [5.41, 5.74) is 2.54. The molecule has 0 bridgehead atoms. The van der Waals surface area contributed by atoms with Gasteiger partial charge in [-0.3, -0.25) is 0 Å². The van der Waals surface area contributed by atoms with E-state index < -0.39 is 0 Å². The first kappa shape index (κ1) is 8.96. The molecule has 0 spiro atoms. The first-order chi connectivity index (χ1) is 7.34. The van der Waals surface area contributed by atoms with E-state index in [1.54, 1.807) is 0 Å². The van der Waals surface area contributed by atoms with Crippen molar-refractivity contribution in [1.82, 2.24) is 9.38 Å². The van der Waals surface area contributed by atoms with E-state index in [-0.39, 0.29) is 0 Å². The summed E-state index contributed by atoms with van der Waals surface area (Å²) in [4.78, 5) is 4.58. The predicted molar refractivity (Wildman–Crippen MR) is 61.1 cm³/mol. The molecule has 2 heteroatoms. The molecule has 1 aliphatic carbocycles. The molecule has 0 aliphatic heterocycles. The number of hydrogen-bond donors (Lipinski definition) is 0. The standard InChI is InChI=1S/C13H16N2/c1-10-6-7-15-12(8-10)9-14-13(15)11-4-2-3-5-11/h6-9,11H,2-5H2,1H3. The lowest BCUT2D eigenvalue weighted by atomic mass is 10.1. The molecule has 15 heavy (non-hydrogen) atoms. The molecule has 78 valence electrons. The van der Waals surface area contributed by atoms with E-state index in [1.807, 2.05) is 6.20 Å². The maximum absolute atomic E-state index is 4.58. The average molecular weight is 200 g/mol. The SMILES string of the molecule is Cc1ccn2c(C3CCCC3)ncc2c1. The van der Waals surface area contributed by atoms with Crippen LogP contribution < -0.4 is 0 Å². The molecule has 0 saturated heterocycles. The van der Waals surface area contributed by atoms with Crippen LogP contribution in [0.5, 0.6) is 0 Å². The van der Waals surface area contributed by atoms with E-state index in [2.05, 4.69) is 34.6 Å². The van der Waals surface area contributed by atoms with Gasteiger partial charge in [0.15, 0.2) is 0 Å². The summed E-state index contributed by atoms with van der Waals surface area (Å²) >= 11 is 0. The highest BCUT2D eigenvalue weighted by atomic mass is 15.0. The van der Waals surface area contributed by atoms with Crippen LogP contribution in [0, 0.1) is 6.92 Å². The van der Waals surface area contributed by atoms with Crippen molar-refractivity contribution in [2.45, 2.75) is 38.5 Å². The van der Waals surface area contributed by atoms with Crippen molar-refractivity contribution in [3.05, 3.63) is 35.9 Å². The van der Waals surface area contributed by atoms with Gasteiger partial charge in [0.1, 0.15) is 5.82 Å².